The van der Waals surface area contributed by atoms with Crippen LogP contribution in [0.3, 0.4) is 0 Å². The molecule has 0 saturated carbocycles. The van der Waals surface area contributed by atoms with Gasteiger partial charge in [-0.25, -0.2) is 4.98 Å². The number of imidazole rings is 1. The highest BCUT2D eigenvalue weighted by atomic mass is 19.1. The van der Waals surface area contributed by atoms with Crippen LogP contribution in [0.1, 0.15) is 32.7 Å². The molecule has 4 rings (SSSR count). The molecule has 6 heteroatoms. The second-order valence-electron chi connectivity index (χ2n) is 7.12. The first-order valence-corrected chi connectivity index (χ1v) is 8.61. The summed E-state index contributed by atoms with van der Waals surface area (Å²) in [5.41, 5.74) is 4.93. The van der Waals surface area contributed by atoms with Crippen LogP contribution in [0.25, 0.3) is 5.65 Å². The van der Waals surface area contributed by atoms with Crippen molar-refractivity contribution in [1.29, 1.82) is 0 Å². The van der Waals surface area contributed by atoms with E-state index in [-0.39, 0.29) is 5.69 Å². The van der Waals surface area contributed by atoms with Crippen LogP contribution in [0.2, 0.25) is 0 Å². The van der Waals surface area contributed by atoms with Crippen molar-refractivity contribution in [2.24, 2.45) is 0 Å². The average Bonchev–Trinajstić information content (AvgIpc) is 3.12. The van der Waals surface area contributed by atoms with Crippen LogP contribution in [0.4, 0.5) is 4.39 Å². The van der Waals surface area contributed by atoms with E-state index in [9.17, 15) is 9.18 Å². The van der Waals surface area contributed by atoms with Crippen molar-refractivity contribution in [1.82, 2.24) is 19.2 Å². The van der Waals surface area contributed by atoms with E-state index in [2.05, 4.69) is 29.1 Å². The normalized spacial score (nSPS) is 14.0. The molecule has 0 bridgehead atoms. The first kappa shape index (κ1) is 16.7. The highest BCUT2D eigenvalue weighted by Crippen LogP contribution is 2.23. The number of pyridine rings is 1. The molecule has 3 heterocycles. The Morgan fingerprint density at radius 1 is 1.23 bits per heavy atom. The molecular weight excluding hydrogens is 331 g/mol. The van der Waals surface area contributed by atoms with E-state index in [0.717, 1.165) is 24.2 Å². The Morgan fingerprint density at radius 3 is 2.81 bits per heavy atom. The smallest absolute Gasteiger partial charge is 0.277 e. The van der Waals surface area contributed by atoms with Gasteiger partial charge in [-0.1, -0.05) is 18.2 Å². The van der Waals surface area contributed by atoms with Crippen molar-refractivity contribution in [3.05, 3.63) is 70.4 Å². The molecule has 2 aromatic heterocycles. The molecule has 1 aromatic carbocycles. The number of amides is 1. The van der Waals surface area contributed by atoms with Gasteiger partial charge in [0.25, 0.3) is 5.91 Å². The zero-order chi connectivity index (χ0) is 18.4. The molecule has 1 amide bonds. The minimum Gasteiger partial charge on any atom is -0.336 e. The molecule has 0 saturated heterocycles. The monoisotopic (exact) mass is 352 g/mol. The van der Waals surface area contributed by atoms with Crippen LogP contribution in [-0.2, 0) is 19.6 Å². The van der Waals surface area contributed by atoms with Crippen LogP contribution < -0.4 is 0 Å². The van der Waals surface area contributed by atoms with Gasteiger partial charge >= 0.3 is 0 Å². The predicted octanol–water partition coefficient (Wildman–Crippen LogP) is 3.00. The summed E-state index contributed by atoms with van der Waals surface area (Å²) in [4.78, 5) is 20.7. The molecule has 0 radical (unpaired) electrons. The van der Waals surface area contributed by atoms with Crippen molar-refractivity contribution in [3.8, 4) is 0 Å². The molecule has 0 atom stereocenters. The van der Waals surface area contributed by atoms with E-state index in [1.54, 1.807) is 25.4 Å². The fourth-order valence-electron chi connectivity index (χ4n) is 3.50. The summed E-state index contributed by atoms with van der Waals surface area (Å²) in [6.07, 6.45) is 1.60. The van der Waals surface area contributed by atoms with E-state index < -0.39 is 11.9 Å². The summed E-state index contributed by atoms with van der Waals surface area (Å²) in [6, 6.07) is 9.83. The zero-order valence-corrected chi connectivity index (χ0v) is 15.2. The molecule has 0 fully saturated rings. The lowest BCUT2D eigenvalue weighted by atomic mass is 10.1. The Balaban J connectivity index is 1.57. The van der Waals surface area contributed by atoms with Crippen LogP contribution in [0, 0.1) is 12.9 Å². The number of aromatic nitrogens is 2. The van der Waals surface area contributed by atoms with Gasteiger partial charge in [-0.2, -0.15) is 4.39 Å². The molecule has 0 unspecified atom stereocenters. The molecule has 1 aliphatic rings. The predicted molar refractivity (Wildman–Crippen MR) is 97.3 cm³/mol. The lowest BCUT2D eigenvalue weighted by Crippen LogP contribution is -2.27. The van der Waals surface area contributed by atoms with Gasteiger partial charge in [0.1, 0.15) is 5.65 Å². The van der Waals surface area contributed by atoms with Crippen molar-refractivity contribution < 1.29 is 9.18 Å². The minimum absolute atomic E-state index is 0.140. The molecule has 1 aliphatic heterocycles. The third-order valence-corrected chi connectivity index (χ3v) is 4.84. The number of hydrogen-bond acceptors (Lipinski definition) is 3. The van der Waals surface area contributed by atoms with E-state index >= 15 is 0 Å². The van der Waals surface area contributed by atoms with Crippen LogP contribution >= 0.6 is 0 Å². The molecule has 5 nitrogen and oxygen atoms in total. The maximum Gasteiger partial charge on any atom is 0.277 e. The number of rotatable bonds is 3. The van der Waals surface area contributed by atoms with Gasteiger partial charge < -0.3 is 4.90 Å². The van der Waals surface area contributed by atoms with Crippen LogP contribution in [0.5, 0.6) is 0 Å². The van der Waals surface area contributed by atoms with Crippen molar-refractivity contribution >= 4 is 11.6 Å². The number of halogens is 1. The summed E-state index contributed by atoms with van der Waals surface area (Å²) in [5.74, 6) is -1.03. The largest absolute Gasteiger partial charge is 0.336 e. The van der Waals surface area contributed by atoms with Gasteiger partial charge in [-0.3, -0.25) is 14.1 Å². The summed E-state index contributed by atoms with van der Waals surface area (Å²) < 4.78 is 15.9. The second kappa shape index (κ2) is 6.21. The summed E-state index contributed by atoms with van der Waals surface area (Å²) in [5, 5.41) is 0. The third-order valence-electron chi connectivity index (χ3n) is 4.84. The number of carbonyl (C=O) groups excluding carboxylic acids is 1. The maximum absolute atomic E-state index is 14.6. The topological polar surface area (TPSA) is 40.9 Å². The van der Waals surface area contributed by atoms with Gasteiger partial charge in [-0.15, -0.1) is 0 Å². The second-order valence-corrected chi connectivity index (χ2v) is 7.12. The maximum atomic E-state index is 14.6. The Hall–Kier alpha value is -2.73. The standard InChI is InChI=1S/C20H21FN4O/c1-13-6-7-25-17(8-13)22-18(19(25)21)20(26)24(3)10-14-4-5-15-11-23(2)12-16(15)9-14/h4-9H,10-12H2,1-3H3. The van der Waals surface area contributed by atoms with Crippen LogP contribution in [0.15, 0.2) is 36.5 Å². The first-order valence-electron chi connectivity index (χ1n) is 8.61. The fraction of sp³-hybridized carbons (Fsp3) is 0.300. The van der Waals surface area contributed by atoms with Gasteiger partial charge in [0.2, 0.25) is 5.95 Å². The SMILES string of the molecule is Cc1ccn2c(F)c(C(=O)N(C)Cc3ccc4c(c3)CN(C)C4)nc2c1. The van der Waals surface area contributed by atoms with Crippen molar-refractivity contribution in [3.63, 3.8) is 0 Å². The highest BCUT2D eigenvalue weighted by molar-refractivity contribution is 5.93. The summed E-state index contributed by atoms with van der Waals surface area (Å²) in [6.45, 7) is 4.20. The number of fused-ring (bicyclic) bond motifs is 2. The van der Waals surface area contributed by atoms with Gasteiger partial charge in [0.05, 0.1) is 0 Å². The molecule has 0 spiro atoms. The lowest BCUT2D eigenvalue weighted by Gasteiger charge is -2.16. The van der Waals surface area contributed by atoms with Gasteiger partial charge in [-0.05, 0) is 48.4 Å². The van der Waals surface area contributed by atoms with Gasteiger partial charge in [0.15, 0.2) is 5.69 Å². The Kier molecular flexibility index (Phi) is 4.00. The number of nitrogens with zero attached hydrogens (tertiary/aromatic N) is 4. The third kappa shape index (κ3) is 2.86. The Bertz CT molecular complexity index is 1010. The van der Waals surface area contributed by atoms with Crippen LogP contribution in [-0.4, -0.2) is 39.2 Å². The number of carbonyl (C=O) groups is 1. The van der Waals surface area contributed by atoms with E-state index in [4.69, 9.17) is 0 Å². The Morgan fingerprint density at radius 2 is 2.00 bits per heavy atom. The zero-order valence-electron chi connectivity index (χ0n) is 15.2. The highest BCUT2D eigenvalue weighted by Gasteiger charge is 2.23. The van der Waals surface area contributed by atoms with Crippen molar-refractivity contribution in [2.45, 2.75) is 26.6 Å². The summed E-state index contributed by atoms with van der Waals surface area (Å²) in [7, 11) is 3.76. The Labute approximate surface area is 151 Å². The van der Waals surface area contributed by atoms with Gasteiger partial charge in [0, 0.05) is 32.9 Å². The summed E-state index contributed by atoms with van der Waals surface area (Å²) >= 11 is 0. The van der Waals surface area contributed by atoms with E-state index in [1.165, 1.54) is 20.4 Å². The molecule has 0 aliphatic carbocycles. The van der Waals surface area contributed by atoms with Crippen molar-refractivity contribution in [2.75, 3.05) is 14.1 Å². The van der Waals surface area contributed by atoms with E-state index in [0.29, 0.717) is 12.2 Å². The molecule has 134 valence electrons. The average molecular weight is 352 g/mol. The number of benzene rings is 1. The molecular formula is C20H21FN4O. The number of hydrogen-bond donors (Lipinski definition) is 0. The van der Waals surface area contributed by atoms with E-state index in [1.807, 2.05) is 13.0 Å². The quantitative estimate of drug-likeness (QED) is 0.728. The molecule has 0 N–H and O–H groups in total. The number of aryl methyl sites for hydroxylation is 1. The fourth-order valence-corrected chi connectivity index (χ4v) is 3.50. The minimum atomic E-state index is -0.618. The molecule has 26 heavy (non-hydrogen) atoms. The lowest BCUT2D eigenvalue weighted by molar-refractivity contribution is 0.0774. The molecule has 3 aromatic rings. The first-order chi connectivity index (χ1) is 12.4.